The molecular weight excluding hydrogens is 410 g/mol. The second kappa shape index (κ2) is 13.3. The van der Waals surface area contributed by atoms with E-state index in [1.807, 2.05) is 6.92 Å². The van der Waals surface area contributed by atoms with Crippen molar-refractivity contribution in [2.75, 3.05) is 14.2 Å². The predicted octanol–water partition coefficient (Wildman–Crippen LogP) is 4.01. The number of ether oxygens (including phenoxy) is 1. The Hall–Kier alpha value is -2.00. The number of thiocarbonyl (C=S) groups is 1. The highest BCUT2D eigenvalue weighted by atomic mass is 32.2. The summed E-state index contributed by atoms with van der Waals surface area (Å²) in [6, 6.07) is 4.84. The first-order chi connectivity index (χ1) is 13.8. The van der Waals surface area contributed by atoms with Crippen LogP contribution in [0.25, 0.3) is 0 Å². The molecular formula is C20H31N3O4S2. The van der Waals surface area contributed by atoms with E-state index in [-0.39, 0.29) is 24.1 Å². The minimum Gasteiger partial charge on any atom is -0.494 e. The van der Waals surface area contributed by atoms with Crippen molar-refractivity contribution in [3.05, 3.63) is 23.8 Å². The molecule has 0 aromatic heterocycles. The molecule has 0 radical (unpaired) electrons. The monoisotopic (exact) mass is 441 g/mol. The van der Waals surface area contributed by atoms with Crippen LogP contribution in [0.3, 0.4) is 0 Å². The number of hydrogen-bond acceptors (Lipinski definition) is 6. The van der Waals surface area contributed by atoms with Crippen LogP contribution in [0.1, 0.15) is 57.9 Å². The summed E-state index contributed by atoms with van der Waals surface area (Å²) in [5, 5.41) is 3.28. The van der Waals surface area contributed by atoms with Gasteiger partial charge in [0, 0.05) is 13.1 Å². The predicted molar refractivity (Wildman–Crippen MR) is 119 cm³/mol. The Morgan fingerprint density at radius 3 is 2.55 bits per heavy atom. The number of carbonyl (C=O) groups excluding carboxylic acids is 1. The Labute approximate surface area is 180 Å². The number of nitrogens with one attached hydrogen (secondary N) is 1. The fraction of sp³-hybridized carbons (Fsp3) is 0.600. The second-order valence-corrected chi connectivity index (χ2v) is 7.87. The quantitative estimate of drug-likeness (QED) is 0.412. The van der Waals surface area contributed by atoms with E-state index in [0.29, 0.717) is 16.4 Å². The zero-order valence-electron chi connectivity index (χ0n) is 17.6. The summed E-state index contributed by atoms with van der Waals surface area (Å²) in [6.45, 7) is 4.18. The molecule has 7 nitrogen and oxygen atoms in total. The maximum atomic E-state index is 13.0. The van der Waals surface area contributed by atoms with Crippen molar-refractivity contribution in [2.45, 2.75) is 64.8 Å². The van der Waals surface area contributed by atoms with Crippen molar-refractivity contribution < 1.29 is 17.9 Å². The third-order valence-electron chi connectivity index (χ3n) is 4.64. The lowest BCUT2D eigenvalue weighted by molar-refractivity contribution is -0.128. The maximum absolute atomic E-state index is 13.0. The summed E-state index contributed by atoms with van der Waals surface area (Å²) in [4.78, 5) is 14.6. The van der Waals surface area contributed by atoms with Crippen LogP contribution in [0.15, 0.2) is 22.6 Å². The molecule has 162 valence electrons. The van der Waals surface area contributed by atoms with E-state index in [1.165, 1.54) is 26.4 Å². The highest BCUT2D eigenvalue weighted by molar-refractivity contribution is 7.80. The smallest absolute Gasteiger partial charge is 0.316 e. The molecule has 0 fully saturated rings. The van der Waals surface area contributed by atoms with E-state index in [1.54, 1.807) is 30.1 Å². The van der Waals surface area contributed by atoms with Gasteiger partial charge in [0.05, 0.1) is 13.5 Å². The van der Waals surface area contributed by atoms with Crippen molar-refractivity contribution in [1.29, 1.82) is 0 Å². The van der Waals surface area contributed by atoms with E-state index < -0.39 is 10.5 Å². The lowest BCUT2D eigenvalue weighted by Gasteiger charge is -2.29. The molecule has 0 saturated heterocycles. The van der Waals surface area contributed by atoms with Crippen LogP contribution in [0, 0.1) is 0 Å². The zero-order chi connectivity index (χ0) is 21.8. The summed E-state index contributed by atoms with van der Waals surface area (Å²) in [5.74, 6) is 0.179. The topological polar surface area (TPSA) is 88.1 Å². The minimum atomic E-state index is -2.61. The van der Waals surface area contributed by atoms with Crippen molar-refractivity contribution in [2.24, 2.45) is 4.36 Å². The molecule has 0 bridgehead atoms. The van der Waals surface area contributed by atoms with Gasteiger partial charge in [-0.15, -0.1) is 4.36 Å². The Kier molecular flexibility index (Phi) is 11.5. The van der Waals surface area contributed by atoms with E-state index in [4.69, 9.17) is 17.0 Å². The summed E-state index contributed by atoms with van der Waals surface area (Å²) >= 11 is 5.36. The Balaban J connectivity index is 2.92. The molecule has 1 aromatic carbocycles. The van der Waals surface area contributed by atoms with Crippen LogP contribution in [0.5, 0.6) is 5.75 Å². The zero-order valence-corrected chi connectivity index (χ0v) is 19.2. The average molecular weight is 442 g/mol. The second-order valence-electron chi connectivity index (χ2n) is 6.86. The first-order valence-corrected chi connectivity index (χ1v) is 11.3. The van der Waals surface area contributed by atoms with Gasteiger partial charge in [0.25, 0.3) is 0 Å². The van der Waals surface area contributed by atoms with Gasteiger partial charge in [0.2, 0.25) is 5.91 Å². The van der Waals surface area contributed by atoms with Crippen LogP contribution >= 0.6 is 12.2 Å². The number of rotatable bonds is 11. The molecule has 1 aromatic rings. The maximum Gasteiger partial charge on any atom is 0.316 e. The van der Waals surface area contributed by atoms with Gasteiger partial charge in [-0.1, -0.05) is 45.1 Å². The molecule has 1 atom stereocenters. The fourth-order valence-electron chi connectivity index (χ4n) is 3.11. The molecule has 0 spiro atoms. The van der Waals surface area contributed by atoms with Crippen LogP contribution in [-0.2, 0) is 21.7 Å². The van der Waals surface area contributed by atoms with E-state index in [0.717, 1.165) is 19.3 Å². The highest BCUT2D eigenvalue weighted by Gasteiger charge is 2.24. The van der Waals surface area contributed by atoms with Gasteiger partial charge in [-0.05, 0) is 43.3 Å². The summed E-state index contributed by atoms with van der Waals surface area (Å²) in [6.07, 6.45) is 6.76. The molecule has 29 heavy (non-hydrogen) atoms. The highest BCUT2D eigenvalue weighted by Crippen LogP contribution is 2.28. The molecule has 0 aliphatic rings. The van der Waals surface area contributed by atoms with Crippen molar-refractivity contribution in [3.63, 3.8) is 0 Å². The number of methoxy groups -OCH3 is 1. The van der Waals surface area contributed by atoms with Crippen LogP contribution < -0.4 is 10.1 Å². The molecule has 1 amide bonds. The molecule has 0 saturated carbocycles. The van der Waals surface area contributed by atoms with Gasteiger partial charge in [-0.2, -0.15) is 8.42 Å². The summed E-state index contributed by atoms with van der Waals surface area (Å²) < 4.78 is 30.5. The number of nitrogens with zero attached hydrogens (tertiary/aromatic N) is 2. The van der Waals surface area contributed by atoms with Gasteiger partial charge < -0.3 is 10.1 Å². The molecule has 0 aliphatic heterocycles. The van der Waals surface area contributed by atoms with Gasteiger partial charge in [-0.3, -0.25) is 9.69 Å². The molecule has 0 heterocycles. The molecule has 0 aliphatic carbocycles. The number of unbranched alkanes of at least 4 members (excludes halogenated alkanes) is 4. The molecule has 9 heteroatoms. The molecule has 1 unspecified atom stereocenters. The summed E-state index contributed by atoms with van der Waals surface area (Å²) in [7, 11) is 0.520. The number of benzene rings is 1. The number of amides is 1. The Morgan fingerprint density at radius 1 is 1.28 bits per heavy atom. The third kappa shape index (κ3) is 8.49. The van der Waals surface area contributed by atoms with Crippen LogP contribution in [0.2, 0.25) is 0 Å². The largest absolute Gasteiger partial charge is 0.494 e. The lowest BCUT2D eigenvalue weighted by Crippen LogP contribution is -2.48. The van der Waals surface area contributed by atoms with Gasteiger partial charge in [0.15, 0.2) is 5.11 Å². The van der Waals surface area contributed by atoms with Gasteiger partial charge >= 0.3 is 10.5 Å². The minimum absolute atomic E-state index is 0.0272. The van der Waals surface area contributed by atoms with E-state index >= 15 is 0 Å². The standard InChI is InChI=1S/C20H31N3O4S2/c1-5-6-7-8-9-10-15(2)23(20(28)21-3)19(24)14-16-11-12-18(27-4)17(13-16)22-29(25)26/h11-13,15H,5-10,14H2,1-4H3,(H,21,28). The normalized spacial score (nSPS) is 11.4. The van der Waals surface area contributed by atoms with E-state index in [9.17, 15) is 13.2 Å². The van der Waals surface area contributed by atoms with Crippen molar-refractivity contribution in [1.82, 2.24) is 10.2 Å². The molecule has 1 N–H and O–H groups in total. The Bertz CT molecular complexity index is 817. The Morgan fingerprint density at radius 2 is 1.97 bits per heavy atom. The van der Waals surface area contributed by atoms with Crippen LogP contribution in [0.4, 0.5) is 5.69 Å². The number of hydrogen-bond donors (Lipinski definition) is 1. The first kappa shape index (κ1) is 25.0. The van der Waals surface area contributed by atoms with Crippen molar-refractivity contribution >= 4 is 39.4 Å². The summed E-state index contributed by atoms with van der Waals surface area (Å²) in [5.41, 5.74) is 0.803. The van der Waals surface area contributed by atoms with E-state index in [2.05, 4.69) is 16.6 Å². The van der Waals surface area contributed by atoms with Gasteiger partial charge in [0.1, 0.15) is 11.4 Å². The lowest BCUT2D eigenvalue weighted by atomic mass is 10.0. The SMILES string of the molecule is CCCCCCCC(C)N(C(=O)Cc1ccc(OC)c(N=S(=O)=O)c1)C(=S)NC. The van der Waals surface area contributed by atoms with Crippen LogP contribution in [-0.4, -0.2) is 44.5 Å². The third-order valence-corrected chi connectivity index (χ3v) is 5.39. The fourth-order valence-corrected chi connectivity index (χ4v) is 3.69. The van der Waals surface area contributed by atoms with Crippen molar-refractivity contribution in [3.8, 4) is 5.75 Å². The van der Waals surface area contributed by atoms with Gasteiger partial charge in [-0.25, -0.2) is 0 Å². The molecule has 1 rings (SSSR count). The first-order valence-electron chi connectivity index (χ1n) is 9.85. The average Bonchev–Trinajstić information content (AvgIpc) is 2.67. The number of carbonyl (C=O) groups is 1.